The number of hydrogen-bond donors (Lipinski definition) is 1. The molecule has 2 saturated heterocycles. The van der Waals surface area contributed by atoms with Crippen LogP contribution < -0.4 is 0 Å². The average molecular weight is 307 g/mol. The van der Waals surface area contributed by atoms with Crippen LogP contribution in [0.2, 0.25) is 0 Å². The van der Waals surface area contributed by atoms with E-state index in [2.05, 4.69) is 10.3 Å². The summed E-state index contributed by atoms with van der Waals surface area (Å²) in [4.78, 5) is 0. The maximum absolute atomic E-state index is 11.5. The van der Waals surface area contributed by atoms with E-state index in [1.54, 1.807) is 4.68 Å². The summed E-state index contributed by atoms with van der Waals surface area (Å²) in [5.74, 6) is -0.356. The number of ether oxygens (including phenoxy) is 3. The topological polar surface area (TPSA) is 78.6 Å². The molecule has 0 aromatic carbocycles. The first-order valence-electron chi connectivity index (χ1n) is 8.16. The fraction of sp³-hybridized carbons (Fsp3) is 0.867. The van der Waals surface area contributed by atoms with E-state index in [9.17, 15) is 5.11 Å². The summed E-state index contributed by atoms with van der Waals surface area (Å²) in [5, 5.41) is 20.1. The molecule has 0 spiro atoms. The van der Waals surface area contributed by atoms with Gasteiger partial charge in [-0.25, -0.2) is 4.68 Å². The molecule has 4 atom stereocenters. The molecule has 3 aliphatic heterocycles. The van der Waals surface area contributed by atoms with Gasteiger partial charge in [-0.05, 0) is 26.7 Å². The van der Waals surface area contributed by atoms with Crippen LogP contribution in [-0.4, -0.2) is 44.4 Å². The fourth-order valence-electron chi connectivity index (χ4n) is 4.54. The molecule has 1 saturated carbocycles. The molecule has 7 nitrogen and oxygen atoms in total. The van der Waals surface area contributed by atoms with Crippen molar-refractivity contribution in [2.24, 2.45) is 0 Å². The van der Waals surface area contributed by atoms with Crippen LogP contribution in [0.5, 0.6) is 0 Å². The van der Waals surface area contributed by atoms with Crippen molar-refractivity contribution >= 4 is 0 Å². The van der Waals surface area contributed by atoms with Crippen LogP contribution in [0.15, 0.2) is 0 Å². The Kier molecular flexibility index (Phi) is 2.49. The van der Waals surface area contributed by atoms with E-state index in [1.165, 1.54) is 12.8 Å². The van der Waals surface area contributed by atoms with Gasteiger partial charge >= 0.3 is 0 Å². The van der Waals surface area contributed by atoms with Crippen molar-refractivity contribution in [1.29, 1.82) is 0 Å². The number of nitrogens with zero attached hydrogens (tertiary/aromatic N) is 3. The predicted molar refractivity (Wildman–Crippen MR) is 73.8 cm³/mol. The first kappa shape index (κ1) is 13.4. The lowest BCUT2D eigenvalue weighted by atomic mass is 9.87. The van der Waals surface area contributed by atoms with E-state index < -0.39 is 23.8 Å². The summed E-state index contributed by atoms with van der Waals surface area (Å²) in [6.07, 6.45) is 3.25. The molecule has 0 unspecified atom stereocenters. The summed E-state index contributed by atoms with van der Waals surface area (Å²) >= 11 is 0. The Bertz CT molecular complexity index is 624. The number of hydrogen-bond acceptors (Lipinski definition) is 6. The number of fused-ring (bicyclic) bond motifs is 5. The van der Waals surface area contributed by atoms with Gasteiger partial charge in [0.25, 0.3) is 0 Å². The van der Waals surface area contributed by atoms with Gasteiger partial charge in [-0.2, -0.15) is 0 Å². The molecule has 5 rings (SSSR count). The monoisotopic (exact) mass is 307 g/mol. The summed E-state index contributed by atoms with van der Waals surface area (Å²) in [7, 11) is 0. The van der Waals surface area contributed by atoms with Crippen molar-refractivity contribution < 1.29 is 19.3 Å². The average Bonchev–Trinajstić information content (AvgIpc) is 3.18. The van der Waals surface area contributed by atoms with Crippen LogP contribution in [0.1, 0.15) is 56.8 Å². The highest BCUT2D eigenvalue weighted by Crippen LogP contribution is 2.53. The molecule has 4 heterocycles. The third-order valence-electron chi connectivity index (χ3n) is 5.50. The summed E-state index contributed by atoms with van der Waals surface area (Å²) in [6, 6.07) is 0. The van der Waals surface area contributed by atoms with E-state index in [1.807, 2.05) is 13.8 Å². The van der Waals surface area contributed by atoms with Gasteiger partial charge in [-0.15, -0.1) is 5.10 Å². The second-order valence-electron chi connectivity index (χ2n) is 7.36. The van der Waals surface area contributed by atoms with Gasteiger partial charge in [-0.1, -0.05) is 18.1 Å². The summed E-state index contributed by atoms with van der Waals surface area (Å²) in [6.45, 7) is 4.19. The van der Waals surface area contributed by atoms with Gasteiger partial charge in [-0.3, -0.25) is 0 Å². The lowest BCUT2D eigenvalue weighted by Crippen LogP contribution is -2.44. The number of aliphatic hydroxyl groups is 1. The smallest absolute Gasteiger partial charge is 0.191 e. The van der Waals surface area contributed by atoms with Crippen molar-refractivity contribution in [3.63, 3.8) is 0 Å². The molecule has 22 heavy (non-hydrogen) atoms. The second kappa shape index (κ2) is 4.08. The molecular formula is C15H21N3O4. The van der Waals surface area contributed by atoms with Gasteiger partial charge in [0.05, 0.1) is 17.9 Å². The van der Waals surface area contributed by atoms with E-state index in [-0.39, 0.29) is 6.10 Å². The third kappa shape index (κ3) is 1.55. The van der Waals surface area contributed by atoms with Crippen LogP contribution >= 0.6 is 0 Å². The molecule has 0 amide bonds. The Morgan fingerprint density at radius 3 is 2.77 bits per heavy atom. The van der Waals surface area contributed by atoms with Crippen molar-refractivity contribution in [2.45, 2.75) is 81.9 Å². The minimum Gasteiger partial charge on any atom is -0.378 e. The first-order valence-corrected chi connectivity index (χ1v) is 8.16. The van der Waals surface area contributed by atoms with Crippen molar-refractivity contribution in [2.75, 3.05) is 0 Å². The Morgan fingerprint density at radius 2 is 2.00 bits per heavy atom. The molecule has 120 valence electrons. The molecule has 1 aliphatic carbocycles. The van der Waals surface area contributed by atoms with Crippen LogP contribution in [-0.2, 0) is 26.4 Å². The van der Waals surface area contributed by atoms with E-state index >= 15 is 0 Å². The minimum atomic E-state index is -1.21. The highest BCUT2D eigenvalue weighted by Gasteiger charge is 2.68. The van der Waals surface area contributed by atoms with Crippen LogP contribution in [0.3, 0.4) is 0 Å². The minimum absolute atomic E-state index is 0.371. The molecule has 0 bridgehead atoms. The van der Waals surface area contributed by atoms with Gasteiger partial charge in [0.1, 0.15) is 12.2 Å². The Morgan fingerprint density at radius 1 is 1.23 bits per heavy atom. The van der Waals surface area contributed by atoms with Crippen LogP contribution in [0.4, 0.5) is 0 Å². The lowest BCUT2D eigenvalue weighted by Gasteiger charge is -2.29. The highest BCUT2D eigenvalue weighted by molar-refractivity contribution is 5.32. The quantitative estimate of drug-likeness (QED) is 0.834. The first-order chi connectivity index (χ1) is 10.5. The summed E-state index contributed by atoms with van der Waals surface area (Å²) in [5.41, 5.74) is 0.512. The maximum atomic E-state index is 11.5. The lowest BCUT2D eigenvalue weighted by molar-refractivity contribution is -0.228. The van der Waals surface area contributed by atoms with E-state index in [4.69, 9.17) is 14.2 Å². The van der Waals surface area contributed by atoms with Gasteiger partial charge < -0.3 is 19.3 Å². The maximum Gasteiger partial charge on any atom is 0.191 e. The Balaban J connectivity index is 1.59. The third-order valence-corrected chi connectivity index (χ3v) is 5.50. The van der Waals surface area contributed by atoms with Gasteiger partial charge in [0, 0.05) is 5.92 Å². The van der Waals surface area contributed by atoms with E-state index in [0.29, 0.717) is 12.5 Å². The van der Waals surface area contributed by atoms with Gasteiger partial charge in [0.2, 0.25) is 0 Å². The molecular weight excluding hydrogens is 286 g/mol. The Hall–Kier alpha value is -1.02. The fourth-order valence-corrected chi connectivity index (χ4v) is 4.54. The zero-order valence-corrected chi connectivity index (χ0v) is 12.9. The van der Waals surface area contributed by atoms with Crippen LogP contribution in [0.25, 0.3) is 0 Å². The molecule has 3 fully saturated rings. The predicted octanol–water partition coefficient (Wildman–Crippen LogP) is 1.01. The second-order valence-corrected chi connectivity index (χ2v) is 7.36. The molecule has 1 N–H and O–H groups in total. The number of rotatable bonds is 1. The summed E-state index contributed by atoms with van der Waals surface area (Å²) < 4.78 is 19.5. The van der Waals surface area contributed by atoms with E-state index in [0.717, 1.165) is 24.2 Å². The molecule has 0 radical (unpaired) electrons. The zero-order valence-electron chi connectivity index (χ0n) is 12.9. The zero-order chi connectivity index (χ0) is 15.1. The number of aromatic nitrogens is 3. The van der Waals surface area contributed by atoms with Crippen LogP contribution in [0, 0.1) is 0 Å². The highest BCUT2D eigenvalue weighted by atomic mass is 16.8. The molecule has 1 aromatic heterocycles. The molecule has 7 heteroatoms. The Labute approximate surface area is 128 Å². The normalized spacial score (nSPS) is 42.6. The van der Waals surface area contributed by atoms with Crippen molar-refractivity contribution in [3.05, 3.63) is 11.4 Å². The van der Waals surface area contributed by atoms with Crippen molar-refractivity contribution in [3.8, 4) is 0 Å². The largest absolute Gasteiger partial charge is 0.378 e. The molecule has 1 aromatic rings. The standard InChI is InChI=1S/C15H21N3O4/c1-14(2)21-12-13(22-14)20-9-7-18-11(15(9,12)19)10(16-17-18)8-5-3-4-6-8/h8-9,12-13,19H,3-7H2,1-2H3/t9-,12+,13-,15+/m1/s1. The van der Waals surface area contributed by atoms with Gasteiger partial charge in [0.15, 0.2) is 17.7 Å². The van der Waals surface area contributed by atoms with Crippen molar-refractivity contribution in [1.82, 2.24) is 15.0 Å². The SMILES string of the molecule is CC1(C)O[C@H]2O[C@@H]3Cn4nnc(C5CCCC5)c4[C@]3(O)[C@H]2O1. The molecule has 4 aliphatic rings.